The summed E-state index contributed by atoms with van der Waals surface area (Å²) in [6.45, 7) is 4.52. The number of carbonyl (C=O) groups is 2. The number of hydrogen-bond acceptors (Lipinski definition) is 3. The zero-order valence-corrected chi connectivity index (χ0v) is 21.4. The third kappa shape index (κ3) is 8.30. The molecule has 0 spiro atoms. The Morgan fingerprint density at radius 1 is 0.914 bits per heavy atom. The van der Waals surface area contributed by atoms with E-state index in [9.17, 15) is 9.59 Å². The van der Waals surface area contributed by atoms with Gasteiger partial charge in [-0.3, -0.25) is 9.59 Å². The Hall–Kier alpha value is -3.02. The molecule has 184 valence electrons. The van der Waals surface area contributed by atoms with E-state index in [1.165, 1.54) is 0 Å². The van der Waals surface area contributed by atoms with Gasteiger partial charge in [0, 0.05) is 24.5 Å². The van der Waals surface area contributed by atoms with Crippen LogP contribution >= 0.6 is 23.2 Å². The molecular formula is C28H30Cl2N2O3. The number of halogens is 2. The van der Waals surface area contributed by atoms with Gasteiger partial charge in [0.1, 0.15) is 11.8 Å². The van der Waals surface area contributed by atoms with Crippen molar-refractivity contribution in [2.45, 2.75) is 32.9 Å². The summed E-state index contributed by atoms with van der Waals surface area (Å²) in [5.74, 6) is 0.146. The van der Waals surface area contributed by atoms with Crippen LogP contribution in [0, 0.1) is 5.92 Å². The Morgan fingerprint density at radius 3 is 2.29 bits per heavy atom. The van der Waals surface area contributed by atoms with Crippen LogP contribution in [0.15, 0.2) is 78.9 Å². The zero-order valence-electron chi connectivity index (χ0n) is 19.9. The zero-order chi connectivity index (χ0) is 25.2. The average molecular weight is 513 g/mol. The summed E-state index contributed by atoms with van der Waals surface area (Å²) >= 11 is 12.4. The maximum absolute atomic E-state index is 13.5. The van der Waals surface area contributed by atoms with Crippen molar-refractivity contribution in [2.75, 3.05) is 13.2 Å². The minimum absolute atomic E-state index is 0.206. The van der Waals surface area contributed by atoms with Crippen molar-refractivity contribution < 1.29 is 14.3 Å². The van der Waals surface area contributed by atoms with E-state index in [1.807, 2.05) is 56.3 Å². The summed E-state index contributed by atoms with van der Waals surface area (Å²) in [5, 5.41) is 3.97. The highest BCUT2D eigenvalue weighted by molar-refractivity contribution is 6.32. The minimum Gasteiger partial charge on any atom is -0.482 e. The molecule has 3 aromatic rings. The van der Waals surface area contributed by atoms with Crippen LogP contribution in [0.25, 0.3) is 0 Å². The van der Waals surface area contributed by atoms with Crippen LogP contribution in [0.5, 0.6) is 5.75 Å². The van der Waals surface area contributed by atoms with E-state index in [-0.39, 0.29) is 30.9 Å². The van der Waals surface area contributed by atoms with Crippen molar-refractivity contribution in [2.24, 2.45) is 5.92 Å². The smallest absolute Gasteiger partial charge is 0.261 e. The van der Waals surface area contributed by atoms with Crippen LogP contribution < -0.4 is 10.1 Å². The SMILES string of the molecule is CC(C)CNC(=O)[C@H](Cc1ccccc1)N(Cc1cccc(Cl)c1)C(=O)COc1ccccc1Cl. The molecule has 1 atom stereocenters. The Labute approximate surface area is 217 Å². The van der Waals surface area contributed by atoms with Crippen LogP contribution in [0.4, 0.5) is 0 Å². The molecule has 2 amide bonds. The third-order valence-electron chi connectivity index (χ3n) is 5.39. The summed E-state index contributed by atoms with van der Waals surface area (Å²) < 4.78 is 5.74. The lowest BCUT2D eigenvalue weighted by Gasteiger charge is -2.31. The van der Waals surface area contributed by atoms with E-state index in [0.717, 1.165) is 11.1 Å². The number of benzene rings is 3. The Kier molecular flexibility index (Phi) is 10.0. The summed E-state index contributed by atoms with van der Waals surface area (Å²) in [5.41, 5.74) is 1.77. The number of hydrogen-bond donors (Lipinski definition) is 1. The lowest BCUT2D eigenvalue weighted by Crippen LogP contribution is -2.52. The molecular weight excluding hydrogens is 483 g/mol. The molecule has 0 heterocycles. The van der Waals surface area contributed by atoms with Crippen LogP contribution in [-0.2, 0) is 22.6 Å². The number of para-hydroxylation sites is 1. The molecule has 7 heteroatoms. The van der Waals surface area contributed by atoms with Gasteiger partial charge in [0.25, 0.3) is 5.91 Å². The molecule has 0 aliphatic rings. The summed E-state index contributed by atoms with van der Waals surface area (Å²) in [4.78, 5) is 28.5. The van der Waals surface area contributed by atoms with Crippen molar-refractivity contribution in [1.29, 1.82) is 0 Å². The number of nitrogens with one attached hydrogen (secondary N) is 1. The average Bonchev–Trinajstić information content (AvgIpc) is 2.84. The second kappa shape index (κ2) is 13.2. The molecule has 3 rings (SSSR count). The molecule has 0 aliphatic heterocycles. The van der Waals surface area contributed by atoms with Crippen molar-refractivity contribution in [3.8, 4) is 5.75 Å². The molecule has 0 radical (unpaired) electrons. The van der Waals surface area contributed by atoms with Crippen molar-refractivity contribution in [1.82, 2.24) is 10.2 Å². The van der Waals surface area contributed by atoms with Gasteiger partial charge in [-0.2, -0.15) is 0 Å². The molecule has 0 fully saturated rings. The maximum atomic E-state index is 13.5. The van der Waals surface area contributed by atoms with E-state index in [0.29, 0.717) is 28.8 Å². The summed E-state index contributed by atoms with van der Waals surface area (Å²) in [6, 6.07) is 23.2. The molecule has 0 saturated heterocycles. The number of amides is 2. The van der Waals surface area contributed by atoms with E-state index < -0.39 is 6.04 Å². The number of nitrogens with zero attached hydrogens (tertiary/aromatic N) is 1. The quantitative estimate of drug-likeness (QED) is 0.354. The predicted molar refractivity (Wildman–Crippen MR) is 141 cm³/mol. The number of carbonyl (C=O) groups excluding carboxylic acids is 2. The molecule has 0 aromatic heterocycles. The fraction of sp³-hybridized carbons (Fsp3) is 0.286. The molecule has 0 saturated carbocycles. The standard InChI is InChI=1S/C28H30Cl2N2O3/c1-20(2)17-31-28(34)25(16-21-9-4-3-5-10-21)32(18-22-11-8-12-23(29)15-22)27(33)19-35-26-14-7-6-13-24(26)30/h3-15,20,25H,16-19H2,1-2H3,(H,31,34)/t25-/m0/s1. The first-order valence-electron chi connectivity index (χ1n) is 11.6. The normalized spacial score (nSPS) is 11.7. The van der Waals surface area contributed by atoms with Gasteiger partial charge in [-0.1, -0.05) is 91.6 Å². The van der Waals surface area contributed by atoms with Crippen LogP contribution in [0.2, 0.25) is 10.0 Å². The van der Waals surface area contributed by atoms with Gasteiger partial charge >= 0.3 is 0 Å². The molecule has 1 N–H and O–H groups in total. The molecule has 5 nitrogen and oxygen atoms in total. The van der Waals surface area contributed by atoms with E-state index in [1.54, 1.807) is 41.3 Å². The number of rotatable bonds is 11. The van der Waals surface area contributed by atoms with Gasteiger partial charge in [0.2, 0.25) is 5.91 Å². The van der Waals surface area contributed by atoms with Crippen LogP contribution in [0.3, 0.4) is 0 Å². The Balaban J connectivity index is 1.91. The molecule has 3 aromatic carbocycles. The topological polar surface area (TPSA) is 58.6 Å². The highest BCUT2D eigenvalue weighted by atomic mass is 35.5. The highest BCUT2D eigenvalue weighted by Gasteiger charge is 2.31. The largest absolute Gasteiger partial charge is 0.482 e. The van der Waals surface area contributed by atoms with E-state index >= 15 is 0 Å². The molecule has 35 heavy (non-hydrogen) atoms. The van der Waals surface area contributed by atoms with Gasteiger partial charge in [-0.15, -0.1) is 0 Å². The summed E-state index contributed by atoms with van der Waals surface area (Å²) in [7, 11) is 0. The Bertz CT molecular complexity index is 1120. The lowest BCUT2D eigenvalue weighted by atomic mass is 10.0. The first kappa shape index (κ1) is 26.6. The van der Waals surface area contributed by atoms with Crippen LogP contribution in [-0.4, -0.2) is 35.9 Å². The van der Waals surface area contributed by atoms with Crippen LogP contribution in [0.1, 0.15) is 25.0 Å². The monoisotopic (exact) mass is 512 g/mol. The highest BCUT2D eigenvalue weighted by Crippen LogP contribution is 2.24. The van der Waals surface area contributed by atoms with E-state index in [4.69, 9.17) is 27.9 Å². The Morgan fingerprint density at radius 2 is 1.60 bits per heavy atom. The lowest BCUT2D eigenvalue weighted by molar-refractivity contribution is -0.142. The van der Waals surface area contributed by atoms with Gasteiger partial charge < -0.3 is 15.0 Å². The predicted octanol–water partition coefficient (Wildman–Crippen LogP) is 5.78. The van der Waals surface area contributed by atoms with Gasteiger partial charge in [-0.25, -0.2) is 0 Å². The second-order valence-electron chi connectivity index (χ2n) is 8.72. The van der Waals surface area contributed by atoms with Gasteiger partial charge in [0.05, 0.1) is 5.02 Å². The van der Waals surface area contributed by atoms with Crippen molar-refractivity contribution in [3.63, 3.8) is 0 Å². The fourth-order valence-corrected chi connectivity index (χ4v) is 4.00. The molecule has 0 unspecified atom stereocenters. The minimum atomic E-state index is -0.738. The van der Waals surface area contributed by atoms with Crippen molar-refractivity contribution >= 4 is 35.0 Å². The van der Waals surface area contributed by atoms with Crippen molar-refractivity contribution in [3.05, 3.63) is 100 Å². The maximum Gasteiger partial charge on any atom is 0.261 e. The molecule has 0 bridgehead atoms. The molecule has 0 aliphatic carbocycles. The van der Waals surface area contributed by atoms with Gasteiger partial charge in [-0.05, 0) is 41.3 Å². The first-order chi connectivity index (χ1) is 16.8. The third-order valence-corrected chi connectivity index (χ3v) is 5.93. The van der Waals surface area contributed by atoms with E-state index in [2.05, 4.69) is 5.32 Å². The first-order valence-corrected chi connectivity index (χ1v) is 12.3. The van der Waals surface area contributed by atoms with Gasteiger partial charge in [0.15, 0.2) is 6.61 Å². The number of ether oxygens (including phenoxy) is 1. The second-order valence-corrected chi connectivity index (χ2v) is 9.56. The fourth-order valence-electron chi connectivity index (χ4n) is 3.59. The summed E-state index contributed by atoms with van der Waals surface area (Å²) in [6.07, 6.45) is 0.364.